The van der Waals surface area contributed by atoms with Crippen molar-refractivity contribution in [2.75, 3.05) is 24.6 Å². The molecule has 1 unspecified atom stereocenters. The van der Waals surface area contributed by atoms with E-state index in [1.54, 1.807) is 18.2 Å². The van der Waals surface area contributed by atoms with E-state index < -0.39 is 5.82 Å². The van der Waals surface area contributed by atoms with Crippen molar-refractivity contribution in [3.8, 4) is 0 Å². The van der Waals surface area contributed by atoms with Crippen LogP contribution in [0.25, 0.3) is 0 Å². The SMILES string of the molecule is CC1CSCCN1CC(=O)c1ccccc1F. The molecule has 0 aliphatic carbocycles. The van der Waals surface area contributed by atoms with Gasteiger partial charge >= 0.3 is 0 Å². The van der Waals surface area contributed by atoms with E-state index in [4.69, 9.17) is 0 Å². The van der Waals surface area contributed by atoms with Gasteiger partial charge in [-0.25, -0.2) is 4.39 Å². The number of halogens is 1. The molecule has 4 heteroatoms. The fraction of sp³-hybridized carbons (Fsp3) is 0.462. The van der Waals surface area contributed by atoms with Gasteiger partial charge < -0.3 is 0 Å². The predicted molar refractivity (Wildman–Crippen MR) is 69.1 cm³/mol. The first-order valence-corrected chi connectivity index (χ1v) is 6.93. The van der Waals surface area contributed by atoms with E-state index in [-0.39, 0.29) is 11.3 Å². The molecular formula is C13H16FNOS. The van der Waals surface area contributed by atoms with E-state index >= 15 is 0 Å². The average Bonchev–Trinajstić information content (AvgIpc) is 2.32. The topological polar surface area (TPSA) is 20.3 Å². The van der Waals surface area contributed by atoms with Crippen molar-refractivity contribution in [1.82, 2.24) is 4.90 Å². The van der Waals surface area contributed by atoms with Crippen LogP contribution in [0.5, 0.6) is 0 Å². The Balaban J connectivity index is 2.04. The molecule has 0 N–H and O–H groups in total. The molecule has 92 valence electrons. The van der Waals surface area contributed by atoms with Gasteiger partial charge in [0.15, 0.2) is 5.78 Å². The van der Waals surface area contributed by atoms with Crippen molar-refractivity contribution >= 4 is 17.5 Å². The third-order valence-electron chi connectivity index (χ3n) is 3.03. The molecule has 2 rings (SSSR count). The van der Waals surface area contributed by atoms with Gasteiger partial charge in [0, 0.05) is 24.1 Å². The van der Waals surface area contributed by atoms with Crippen LogP contribution >= 0.6 is 11.8 Å². The standard InChI is InChI=1S/C13H16FNOS/c1-10-9-17-7-6-15(10)8-13(16)11-4-2-3-5-12(11)14/h2-5,10H,6-9H2,1H3. The molecule has 1 fully saturated rings. The number of rotatable bonds is 3. The Bertz CT molecular complexity index is 410. The molecule has 0 saturated carbocycles. The molecule has 1 aromatic carbocycles. The second-order valence-corrected chi connectivity index (χ2v) is 5.45. The summed E-state index contributed by atoms with van der Waals surface area (Å²) in [5.74, 6) is 1.55. The molecule has 1 heterocycles. The van der Waals surface area contributed by atoms with Gasteiger partial charge in [0.25, 0.3) is 0 Å². The van der Waals surface area contributed by atoms with E-state index in [9.17, 15) is 9.18 Å². The van der Waals surface area contributed by atoms with E-state index in [1.165, 1.54) is 6.07 Å². The predicted octanol–water partition coefficient (Wildman–Crippen LogP) is 2.45. The minimum Gasteiger partial charge on any atom is -0.293 e. The molecule has 1 aromatic rings. The summed E-state index contributed by atoms with van der Waals surface area (Å²) in [5, 5.41) is 0. The van der Waals surface area contributed by atoms with E-state index in [1.807, 2.05) is 11.8 Å². The molecular weight excluding hydrogens is 237 g/mol. The summed E-state index contributed by atoms with van der Waals surface area (Å²) in [6.07, 6.45) is 0. The molecule has 1 aliphatic rings. The van der Waals surface area contributed by atoms with Gasteiger partial charge in [-0.15, -0.1) is 0 Å². The van der Waals surface area contributed by atoms with Crippen LogP contribution in [0.1, 0.15) is 17.3 Å². The van der Waals surface area contributed by atoms with Crippen molar-refractivity contribution in [2.45, 2.75) is 13.0 Å². The number of ketones is 1. The lowest BCUT2D eigenvalue weighted by atomic mass is 10.1. The molecule has 0 aromatic heterocycles. The van der Waals surface area contributed by atoms with Gasteiger partial charge in [0.05, 0.1) is 12.1 Å². The molecule has 0 radical (unpaired) electrons. The molecule has 2 nitrogen and oxygen atoms in total. The Hall–Kier alpha value is -0.870. The minimum absolute atomic E-state index is 0.123. The highest BCUT2D eigenvalue weighted by Gasteiger charge is 2.22. The Morgan fingerprint density at radius 1 is 1.53 bits per heavy atom. The van der Waals surface area contributed by atoms with Crippen LogP contribution in [0.3, 0.4) is 0 Å². The number of Topliss-reactive ketones (excluding diaryl/α,β-unsaturated/α-hetero) is 1. The van der Waals surface area contributed by atoms with E-state index in [2.05, 4.69) is 11.8 Å². The number of carbonyl (C=O) groups excluding carboxylic acids is 1. The second-order valence-electron chi connectivity index (χ2n) is 4.30. The largest absolute Gasteiger partial charge is 0.293 e. The normalized spacial score (nSPS) is 21.4. The molecule has 1 atom stereocenters. The van der Waals surface area contributed by atoms with E-state index in [0.29, 0.717) is 12.6 Å². The fourth-order valence-electron chi connectivity index (χ4n) is 1.95. The minimum atomic E-state index is -0.420. The number of hydrogen-bond donors (Lipinski definition) is 0. The van der Waals surface area contributed by atoms with Crippen LogP contribution in [-0.4, -0.2) is 41.3 Å². The first kappa shape index (κ1) is 12.6. The number of carbonyl (C=O) groups is 1. The monoisotopic (exact) mass is 253 g/mol. The van der Waals surface area contributed by atoms with Crippen molar-refractivity contribution in [2.24, 2.45) is 0 Å². The highest BCUT2D eigenvalue weighted by molar-refractivity contribution is 7.99. The highest BCUT2D eigenvalue weighted by atomic mass is 32.2. The summed E-state index contributed by atoms with van der Waals surface area (Å²) in [5.41, 5.74) is 0.206. The summed E-state index contributed by atoms with van der Waals surface area (Å²) in [6, 6.07) is 6.59. The van der Waals surface area contributed by atoms with Gasteiger partial charge in [-0.2, -0.15) is 11.8 Å². The summed E-state index contributed by atoms with van der Waals surface area (Å²) < 4.78 is 13.4. The maximum absolute atomic E-state index is 13.4. The Morgan fingerprint density at radius 3 is 3.00 bits per heavy atom. The third kappa shape index (κ3) is 3.07. The van der Waals surface area contributed by atoms with Gasteiger partial charge in [-0.1, -0.05) is 12.1 Å². The molecule has 0 spiro atoms. The maximum atomic E-state index is 13.4. The second kappa shape index (κ2) is 5.65. The molecule has 0 amide bonds. The van der Waals surface area contributed by atoms with Crippen LogP contribution in [0, 0.1) is 5.82 Å². The molecule has 1 aliphatic heterocycles. The summed E-state index contributed by atoms with van der Waals surface area (Å²) >= 11 is 1.91. The first-order valence-electron chi connectivity index (χ1n) is 5.78. The van der Waals surface area contributed by atoms with Crippen LogP contribution in [0.15, 0.2) is 24.3 Å². The number of hydrogen-bond acceptors (Lipinski definition) is 3. The number of benzene rings is 1. The van der Waals surface area contributed by atoms with Crippen molar-refractivity contribution in [1.29, 1.82) is 0 Å². The zero-order valence-electron chi connectivity index (χ0n) is 9.86. The number of thioether (sulfide) groups is 1. The quantitative estimate of drug-likeness (QED) is 0.772. The van der Waals surface area contributed by atoms with Crippen molar-refractivity contribution in [3.05, 3.63) is 35.6 Å². The summed E-state index contributed by atoms with van der Waals surface area (Å²) in [4.78, 5) is 14.1. The maximum Gasteiger partial charge on any atom is 0.179 e. The van der Waals surface area contributed by atoms with Gasteiger partial charge in [-0.3, -0.25) is 9.69 Å². The summed E-state index contributed by atoms with van der Waals surface area (Å²) in [7, 11) is 0. The smallest absolute Gasteiger partial charge is 0.179 e. The average molecular weight is 253 g/mol. The Morgan fingerprint density at radius 2 is 2.29 bits per heavy atom. The van der Waals surface area contributed by atoms with Crippen LogP contribution < -0.4 is 0 Å². The molecule has 17 heavy (non-hydrogen) atoms. The van der Waals surface area contributed by atoms with Gasteiger partial charge in [-0.05, 0) is 19.1 Å². The third-order valence-corrected chi connectivity index (χ3v) is 4.22. The first-order chi connectivity index (χ1) is 8.18. The fourth-order valence-corrected chi connectivity index (χ4v) is 3.04. The van der Waals surface area contributed by atoms with Crippen LogP contribution in [0.4, 0.5) is 4.39 Å². The Labute approximate surface area is 105 Å². The van der Waals surface area contributed by atoms with Crippen molar-refractivity contribution < 1.29 is 9.18 Å². The number of nitrogens with zero attached hydrogens (tertiary/aromatic N) is 1. The Kier molecular flexibility index (Phi) is 4.18. The van der Waals surface area contributed by atoms with E-state index in [0.717, 1.165) is 18.1 Å². The zero-order chi connectivity index (χ0) is 12.3. The molecule has 0 bridgehead atoms. The van der Waals surface area contributed by atoms with Crippen molar-refractivity contribution in [3.63, 3.8) is 0 Å². The van der Waals surface area contributed by atoms with Gasteiger partial charge in [0.1, 0.15) is 5.82 Å². The lowest BCUT2D eigenvalue weighted by Crippen LogP contribution is -2.43. The lowest BCUT2D eigenvalue weighted by Gasteiger charge is -2.32. The molecule has 1 saturated heterocycles. The van der Waals surface area contributed by atoms with Gasteiger partial charge in [0.2, 0.25) is 0 Å². The van der Waals surface area contributed by atoms with Crippen LogP contribution in [0.2, 0.25) is 0 Å². The highest BCUT2D eigenvalue weighted by Crippen LogP contribution is 2.17. The summed E-state index contributed by atoms with van der Waals surface area (Å²) in [6.45, 7) is 3.34. The van der Waals surface area contributed by atoms with Crippen LogP contribution in [-0.2, 0) is 0 Å². The zero-order valence-corrected chi connectivity index (χ0v) is 10.7. The lowest BCUT2D eigenvalue weighted by molar-refractivity contribution is 0.0907.